The lowest BCUT2D eigenvalue weighted by atomic mass is 9.70. The van der Waals surface area contributed by atoms with E-state index in [2.05, 4.69) is 41.4 Å². The number of benzene rings is 2. The van der Waals surface area contributed by atoms with Crippen molar-refractivity contribution in [1.29, 1.82) is 0 Å². The lowest BCUT2D eigenvalue weighted by molar-refractivity contribution is -0.169. The third-order valence-corrected chi connectivity index (χ3v) is 9.35. The molecule has 2 aromatic carbocycles. The molecule has 2 heterocycles. The molecule has 2 aliphatic heterocycles. The van der Waals surface area contributed by atoms with Gasteiger partial charge in [0.25, 0.3) is 0 Å². The monoisotopic (exact) mass is 517 g/mol. The maximum atomic E-state index is 14.1. The molecule has 0 bridgehead atoms. The van der Waals surface area contributed by atoms with Gasteiger partial charge in [-0.05, 0) is 79.8 Å². The normalized spacial score (nSPS) is 24.5. The maximum Gasteiger partial charge on any atom is 0.249 e. The largest absolute Gasteiger partial charge is 0.508 e. The van der Waals surface area contributed by atoms with E-state index in [0.717, 1.165) is 69.3 Å². The fourth-order valence-electron chi connectivity index (χ4n) is 6.96. The predicted molar refractivity (Wildman–Crippen MR) is 151 cm³/mol. The van der Waals surface area contributed by atoms with E-state index in [-0.39, 0.29) is 23.5 Å². The van der Waals surface area contributed by atoms with Gasteiger partial charge in [-0.3, -0.25) is 14.5 Å². The highest BCUT2D eigenvalue weighted by atomic mass is 16.3. The molecule has 38 heavy (non-hydrogen) atoms. The molecule has 6 nitrogen and oxygen atoms in total. The van der Waals surface area contributed by atoms with Crippen LogP contribution in [0, 0.1) is 5.92 Å². The first-order chi connectivity index (χ1) is 18.4. The molecule has 5 rings (SSSR count). The van der Waals surface area contributed by atoms with E-state index in [1.165, 1.54) is 12.0 Å². The maximum absolute atomic E-state index is 14.1. The third kappa shape index (κ3) is 5.07. The van der Waals surface area contributed by atoms with Gasteiger partial charge in [-0.2, -0.15) is 0 Å². The molecule has 1 spiro atoms. The van der Waals surface area contributed by atoms with Crippen LogP contribution in [0.15, 0.2) is 48.5 Å². The molecule has 2 aromatic rings. The lowest BCUT2D eigenvalue weighted by Gasteiger charge is -2.56. The summed E-state index contributed by atoms with van der Waals surface area (Å²) in [5.41, 5.74) is 1.77. The third-order valence-electron chi connectivity index (χ3n) is 9.35. The highest BCUT2D eigenvalue weighted by Crippen LogP contribution is 2.42. The average Bonchev–Trinajstić information content (AvgIpc) is 2.94. The number of nitrogens with zero attached hydrogens (tertiary/aromatic N) is 2. The predicted octanol–water partition coefficient (Wildman–Crippen LogP) is 5.49. The molecule has 204 valence electrons. The first-order valence-corrected chi connectivity index (χ1v) is 14.6. The highest BCUT2D eigenvalue weighted by molar-refractivity contribution is 6.02. The Morgan fingerprint density at radius 1 is 0.974 bits per heavy atom. The summed E-state index contributed by atoms with van der Waals surface area (Å²) in [6.07, 6.45) is 8.82. The second-order valence-electron chi connectivity index (χ2n) is 11.9. The van der Waals surface area contributed by atoms with E-state index in [1.807, 2.05) is 24.0 Å². The van der Waals surface area contributed by atoms with Gasteiger partial charge in [-0.1, -0.05) is 62.9 Å². The zero-order valence-electron chi connectivity index (χ0n) is 23.0. The Labute approximate surface area is 227 Å². The highest BCUT2D eigenvalue weighted by Gasteiger charge is 2.59. The van der Waals surface area contributed by atoms with Gasteiger partial charge in [0.05, 0.1) is 0 Å². The van der Waals surface area contributed by atoms with Crippen LogP contribution in [0.3, 0.4) is 0 Å². The van der Waals surface area contributed by atoms with E-state index >= 15 is 0 Å². The van der Waals surface area contributed by atoms with E-state index in [0.29, 0.717) is 19.4 Å². The molecular formula is C32H43N3O3. The molecule has 2 N–H and O–H groups in total. The molecule has 3 fully saturated rings. The van der Waals surface area contributed by atoms with Crippen molar-refractivity contribution in [2.75, 3.05) is 19.6 Å². The molecule has 1 saturated carbocycles. The topological polar surface area (TPSA) is 72.9 Å². The summed E-state index contributed by atoms with van der Waals surface area (Å²) in [7, 11) is 0. The minimum atomic E-state index is -0.778. The Kier molecular flexibility index (Phi) is 7.80. The summed E-state index contributed by atoms with van der Waals surface area (Å²) in [4.78, 5) is 32.4. The van der Waals surface area contributed by atoms with Gasteiger partial charge in [0.2, 0.25) is 11.8 Å². The minimum absolute atomic E-state index is 0.0619. The number of piperazine rings is 1. The van der Waals surface area contributed by atoms with Crippen molar-refractivity contribution in [3.05, 3.63) is 54.1 Å². The quantitative estimate of drug-likeness (QED) is 0.509. The van der Waals surface area contributed by atoms with Crippen molar-refractivity contribution in [3.63, 3.8) is 0 Å². The Bertz CT molecular complexity index is 1150. The molecule has 0 unspecified atom stereocenters. The second kappa shape index (κ2) is 11.1. The first-order valence-electron chi connectivity index (χ1n) is 14.6. The number of piperidine rings is 1. The van der Waals surface area contributed by atoms with Crippen LogP contribution in [-0.2, 0) is 16.1 Å². The van der Waals surface area contributed by atoms with Crippen molar-refractivity contribution in [1.82, 2.24) is 15.1 Å². The molecule has 1 aliphatic carbocycles. The van der Waals surface area contributed by atoms with Gasteiger partial charge >= 0.3 is 0 Å². The van der Waals surface area contributed by atoms with Crippen molar-refractivity contribution >= 4 is 11.8 Å². The van der Waals surface area contributed by atoms with Crippen molar-refractivity contribution in [2.45, 2.75) is 89.3 Å². The van der Waals surface area contributed by atoms with Crippen LogP contribution < -0.4 is 5.32 Å². The number of rotatable bonds is 7. The fraction of sp³-hybridized carbons (Fsp3) is 0.562. The smallest absolute Gasteiger partial charge is 0.249 e. The number of unbranched alkanes of at least 4 members (excludes halogenated alkanes) is 1. The summed E-state index contributed by atoms with van der Waals surface area (Å²) in [6.45, 7) is 7.16. The molecule has 2 saturated heterocycles. The number of phenolic OH excluding ortho intramolecular Hbond substituents is 1. The van der Waals surface area contributed by atoms with Crippen LogP contribution in [0.4, 0.5) is 0 Å². The Hall–Kier alpha value is -2.86. The van der Waals surface area contributed by atoms with Gasteiger partial charge in [-0.25, -0.2) is 0 Å². The molecule has 0 radical (unpaired) electrons. The van der Waals surface area contributed by atoms with Gasteiger partial charge in [0.15, 0.2) is 0 Å². The molecule has 6 heteroatoms. The van der Waals surface area contributed by atoms with Gasteiger partial charge in [0, 0.05) is 26.2 Å². The molecule has 1 atom stereocenters. The Morgan fingerprint density at radius 2 is 1.66 bits per heavy atom. The molecular weight excluding hydrogens is 474 g/mol. The average molecular weight is 518 g/mol. The van der Waals surface area contributed by atoms with Gasteiger partial charge in [-0.15, -0.1) is 0 Å². The number of amides is 2. The van der Waals surface area contributed by atoms with E-state index in [1.54, 1.807) is 12.1 Å². The van der Waals surface area contributed by atoms with Crippen LogP contribution in [0.5, 0.6) is 5.75 Å². The number of carbonyl (C=O) groups excluding carboxylic acids is 2. The summed E-state index contributed by atoms with van der Waals surface area (Å²) >= 11 is 0. The van der Waals surface area contributed by atoms with Crippen molar-refractivity contribution < 1.29 is 14.7 Å². The van der Waals surface area contributed by atoms with Crippen LogP contribution in [0.25, 0.3) is 11.1 Å². The van der Waals surface area contributed by atoms with Gasteiger partial charge < -0.3 is 15.3 Å². The number of likely N-dealkylation sites (tertiary alicyclic amines) is 1. The molecule has 3 aliphatic rings. The van der Waals surface area contributed by atoms with E-state index in [4.69, 9.17) is 0 Å². The standard InChI is InChI=1S/C32H43N3O3/c1-3-4-18-35-30(38)31(2,27-13-6-5-7-14-27)33-29(37)32(35)16-19-34(20-17-32)23-24-10-8-11-25(21-24)26-12-9-15-28(36)22-26/h8-12,15,21-22,27,36H,3-7,13-14,16-20,23H2,1-2H3,(H,33,37)/t31-/m0/s1. The van der Waals surface area contributed by atoms with E-state index < -0.39 is 11.1 Å². The first kappa shape index (κ1) is 26.7. The van der Waals surface area contributed by atoms with Crippen molar-refractivity contribution in [3.8, 4) is 16.9 Å². The second-order valence-corrected chi connectivity index (χ2v) is 11.9. The molecule has 0 aromatic heterocycles. The zero-order valence-corrected chi connectivity index (χ0v) is 23.0. The van der Waals surface area contributed by atoms with Crippen LogP contribution in [0.2, 0.25) is 0 Å². The van der Waals surface area contributed by atoms with Gasteiger partial charge in [0.1, 0.15) is 16.8 Å². The number of hydrogen-bond donors (Lipinski definition) is 2. The zero-order chi connectivity index (χ0) is 26.8. The summed E-state index contributed by atoms with van der Waals surface area (Å²) in [5.74, 6) is 0.700. The van der Waals surface area contributed by atoms with Crippen LogP contribution >= 0.6 is 0 Å². The fourth-order valence-corrected chi connectivity index (χ4v) is 6.96. The van der Waals surface area contributed by atoms with E-state index in [9.17, 15) is 14.7 Å². The van der Waals surface area contributed by atoms with Crippen molar-refractivity contribution in [2.24, 2.45) is 5.92 Å². The number of phenols is 1. The number of nitrogens with one attached hydrogen (secondary N) is 1. The Morgan fingerprint density at radius 3 is 2.34 bits per heavy atom. The number of carbonyl (C=O) groups is 2. The number of hydrogen-bond acceptors (Lipinski definition) is 4. The lowest BCUT2D eigenvalue weighted by Crippen LogP contribution is -2.78. The number of aromatic hydroxyl groups is 1. The summed E-state index contributed by atoms with van der Waals surface area (Å²) in [5, 5.41) is 13.2. The SMILES string of the molecule is CCCCN1C(=O)[C@](C)(C2CCCCC2)NC(=O)C12CCN(Cc1cccc(-c3cccc(O)c3)c1)CC2. The summed E-state index contributed by atoms with van der Waals surface area (Å²) in [6, 6.07) is 15.8. The molecule has 2 amide bonds. The Balaban J connectivity index is 1.31. The van der Waals surface area contributed by atoms with Crippen LogP contribution in [0.1, 0.15) is 77.2 Å². The summed E-state index contributed by atoms with van der Waals surface area (Å²) < 4.78 is 0. The van der Waals surface area contributed by atoms with Crippen LogP contribution in [-0.4, -0.2) is 57.4 Å². The minimum Gasteiger partial charge on any atom is -0.508 e.